The van der Waals surface area contributed by atoms with Gasteiger partial charge in [0.05, 0.1) is 11.7 Å². The quantitative estimate of drug-likeness (QED) is 0.800. The summed E-state index contributed by atoms with van der Waals surface area (Å²) in [6, 6.07) is 3.16. The summed E-state index contributed by atoms with van der Waals surface area (Å²) in [5.74, 6) is -2.44. The highest BCUT2D eigenvalue weighted by molar-refractivity contribution is 5.94. The molecule has 3 nitrogen and oxygen atoms in total. The highest BCUT2D eigenvalue weighted by Gasteiger charge is 2.14. The van der Waals surface area contributed by atoms with Gasteiger partial charge in [-0.05, 0) is 26.1 Å². The molecule has 0 aliphatic rings. The van der Waals surface area contributed by atoms with Crippen molar-refractivity contribution in [1.82, 2.24) is 5.32 Å². The van der Waals surface area contributed by atoms with E-state index >= 15 is 0 Å². The number of carbonyl (C=O) groups excluding carboxylic acids is 1. The van der Waals surface area contributed by atoms with Crippen LogP contribution in [0.5, 0.6) is 0 Å². The molecule has 1 aromatic carbocycles. The first-order valence-electron chi connectivity index (χ1n) is 4.48. The summed E-state index contributed by atoms with van der Waals surface area (Å²) in [6.45, 7) is 1.62. The predicted octanol–water partition coefficient (Wildman–Crippen LogP) is 1.51. The van der Waals surface area contributed by atoms with Gasteiger partial charge in [0, 0.05) is 0 Å². The molecule has 0 heterocycles. The van der Waals surface area contributed by atoms with Crippen LogP contribution < -0.4 is 10.6 Å². The first-order valence-corrected chi connectivity index (χ1v) is 4.48. The average Bonchev–Trinajstić information content (AvgIpc) is 2.23. The zero-order valence-electron chi connectivity index (χ0n) is 8.47. The molecule has 1 aromatic rings. The van der Waals surface area contributed by atoms with E-state index in [1.807, 2.05) is 0 Å². The molecular formula is C10H12F2N2O. The monoisotopic (exact) mass is 214 g/mol. The summed E-state index contributed by atoms with van der Waals surface area (Å²) >= 11 is 0. The number of carbonyl (C=O) groups is 1. The van der Waals surface area contributed by atoms with Crippen molar-refractivity contribution in [1.29, 1.82) is 0 Å². The molecule has 1 atom stereocenters. The second kappa shape index (κ2) is 4.84. The molecule has 5 heteroatoms. The van der Waals surface area contributed by atoms with Crippen LogP contribution >= 0.6 is 0 Å². The maximum atomic E-state index is 13.1. The number of rotatable bonds is 3. The van der Waals surface area contributed by atoms with Gasteiger partial charge in [-0.15, -0.1) is 0 Å². The SMILES string of the molecule is CNC(C)C(=O)Nc1cccc(F)c1F. The minimum absolute atomic E-state index is 0.151. The lowest BCUT2D eigenvalue weighted by Crippen LogP contribution is -2.35. The Morgan fingerprint density at radius 1 is 1.40 bits per heavy atom. The van der Waals surface area contributed by atoms with Gasteiger partial charge in [-0.3, -0.25) is 4.79 Å². The van der Waals surface area contributed by atoms with Crippen LogP contribution in [0.1, 0.15) is 6.92 Å². The van der Waals surface area contributed by atoms with Gasteiger partial charge in [0.1, 0.15) is 0 Å². The lowest BCUT2D eigenvalue weighted by atomic mass is 10.2. The van der Waals surface area contributed by atoms with Crippen LogP contribution in [-0.2, 0) is 4.79 Å². The fraction of sp³-hybridized carbons (Fsp3) is 0.300. The lowest BCUT2D eigenvalue weighted by molar-refractivity contribution is -0.117. The highest BCUT2D eigenvalue weighted by Crippen LogP contribution is 2.16. The number of anilines is 1. The fourth-order valence-electron chi connectivity index (χ4n) is 0.972. The number of nitrogens with one attached hydrogen (secondary N) is 2. The van der Waals surface area contributed by atoms with Crippen molar-refractivity contribution < 1.29 is 13.6 Å². The van der Waals surface area contributed by atoms with Crippen molar-refractivity contribution in [3.05, 3.63) is 29.8 Å². The molecule has 0 aliphatic heterocycles. The third-order valence-electron chi connectivity index (χ3n) is 2.04. The molecule has 1 amide bonds. The number of amides is 1. The second-order valence-electron chi connectivity index (χ2n) is 3.10. The van der Waals surface area contributed by atoms with E-state index in [-0.39, 0.29) is 5.69 Å². The standard InChI is InChI=1S/C10H12F2N2O/c1-6(13-2)10(15)14-8-5-3-4-7(11)9(8)12/h3-6,13H,1-2H3,(H,14,15). The molecule has 0 radical (unpaired) electrons. The predicted molar refractivity (Wildman–Crippen MR) is 53.5 cm³/mol. The zero-order chi connectivity index (χ0) is 11.4. The molecule has 82 valence electrons. The van der Waals surface area contributed by atoms with Crippen LogP contribution in [0.25, 0.3) is 0 Å². The van der Waals surface area contributed by atoms with Crippen LogP contribution in [0.4, 0.5) is 14.5 Å². The molecule has 1 rings (SSSR count). The van der Waals surface area contributed by atoms with E-state index in [9.17, 15) is 13.6 Å². The van der Waals surface area contributed by atoms with Crippen molar-refractivity contribution in [3.8, 4) is 0 Å². The van der Waals surface area contributed by atoms with E-state index in [1.54, 1.807) is 14.0 Å². The molecular weight excluding hydrogens is 202 g/mol. The Kier molecular flexibility index (Phi) is 3.74. The Balaban J connectivity index is 2.81. The summed E-state index contributed by atoms with van der Waals surface area (Å²) in [4.78, 5) is 11.3. The third-order valence-corrected chi connectivity index (χ3v) is 2.04. The van der Waals surface area contributed by atoms with Crippen LogP contribution in [-0.4, -0.2) is 19.0 Å². The number of hydrogen-bond donors (Lipinski definition) is 2. The van der Waals surface area contributed by atoms with E-state index in [0.29, 0.717) is 0 Å². The maximum absolute atomic E-state index is 13.1. The zero-order valence-corrected chi connectivity index (χ0v) is 8.47. The largest absolute Gasteiger partial charge is 0.322 e. The molecule has 1 unspecified atom stereocenters. The lowest BCUT2D eigenvalue weighted by Gasteiger charge is -2.11. The number of benzene rings is 1. The van der Waals surface area contributed by atoms with Gasteiger partial charge in [0.2, 0.25) is 5.91 Å². The van der Waals surface area contributed by atoms with E-state index in [4.69, 9.17) is 0 Å². The molecule has 0 fully saturated rings. The first kappa shape index (κ1) is 11.6. The molecule has 0 bridgehead atoms. The van der Waals surface area contributed by atoms with Gasteiger partial charge in [0.15, 0.2) is 11.6 Å². The van der Waals surface area contributed by atoms with Gasteiger partial charge in [-0.25, -0.2) is 8.78 Å². The molecule has 0 aliphatic carbocycles. The smallest absolute Gasteiger partial charge is 0.241 e. The Labute approximate surface area is 86.5 Å². The average molecular weight is 214 g/mol. The summed E-state index contributed by atoms with van der Waals surface area (Å²) < 4.78 is 25.9. The first-order chi connectivity index (χ1) is 7.06. The second-order valence-corrected chi connectivity index (χ2v) is 3.10. The summed E-state index contributed by atoms with van der Waals surface area (Å²) in [5, 5.41) is 4.98. The molecule has 15 heavy (non-hydrogen) atoms. The van der Waals surface area contributed by atoms with Crippen LogP contribution in [0.2, 0.25) is 0 Å². The summed E-state index contributed by atoms with van der Waals surface area (Å²) in [5.41, 5.74) is -0.151. The number of hydrogen-bond acceptors (Lipinski definition) is 2. The van der Waals surface area contributed by atoms with Crippen molar-refractivity contribution in [2.75, 3.05) is 12.4 Å². The normalized spacial score (nSPS) is 12.3. The van der Waals surface area contributed by atoms with Gasteiger partial charge in [0.25, 0.3) is 0 Å². The van der Waals surface area contributed by atoms with Crippen molar-refractivity contribution >= 4 is 11.6 Å². The van der Waals surface area contributed by atoms with Gasteiger partial charge < -0.3 is 10.6 Å². The molecule has 0 aromatic heterocycles. The fourth-order valence-corrected chi connectivity index (χ4v) is 0.972. The molecule has 0 saturated carbocycles. The Bertz CT molecular complexity index is 368. The Morgan fingerprint density at radius 3 is 2.67 bits per heavy atom. The summed E-state index contributed by atoms with van der Waals surface area (Å²) in [6.07, 6.45) is 0. The van der Waals surface area contributed by atoms with Crippen LogP contribution in [0.3, 0.4) is 0 Å². The Hall–Kier alpha value is -1.49. The number of halogens is 2. The minimum atomic E-state index is -1.05. The van der Waals surface area contributed by atoms with Crippen molar-refractivity contribution in [2.24, 2.45) is 0 Å². The third kappa shape index (κ3) is 2.73. The number of likely N-dealkylation sites (N-methyl/N-ethyl adjacent to an activating group) is 1. The summed E-state index contributed by atoms with van der Waals surface area (Å²) in [7, 11) is 1.60. The van der Waals surface area contributed by atoms with E-state index < -0.39 is 23.6 Å². The molecule has 2 N–H and O–H groups in total. The van der Waals surface area contributed by atoms with Gasteiger partial charge >= 0.3 is 0 Å². The van der Waals surface area contributed by atoms with Crippen molar-refractivity contribution in [3.63, 3.8) is 0 Å². The Morgan fingerprint density at radius 2 is 2.07 bits per heavy atom. The van der Waals surface area contributed by atoms with Crippen molar-refractivity contribution in [2.45, 2.75) is 13.0 Å². The van der Waals surface area contributed by atoms with Crippen LogP contribution in [0, 0.1) is 11.6 Å². The van der Waals surface area contributed by atoms with Gasteiger partial charge in [-0.1, -0.05) is 6.07 Å². The molecule has 0 saturated heterocycles. The topological polar surface area (TPSA) is 41.1 Å². The maximum Gasteiger partial charge on any atom is 0.241 e. The van der Waals surface area contributed by atoms with E-state index in [1.165, 1.54) is 12.1 Å². The molecule has 0 spiro atoms. The minimum Gasteiger partial charge on any atom is -0.322 e. The van der Waals surface area contributed by atoms with E-state index in [0.717, 1.165) is 6.07 Å². The van der Waals surface area contributed by atoms with Crippen LogP contribution in [0.15, 0.2) is 18.2 Å². The van der Waals surface area contributed by atoms with Gasteiger partial charge in [-0.2, -0.15) is 0 Å². The van der Waals surface area contributed by atoms with E-state index in [2.05, 4.69) is 10.6 Å². The highest BCUT2D eigenvalue weighted by atomic mass is 19.2.